The smallest absolute Gasteiger partial charge is 0.256 e. The number of nitrogens with one attached hydrogen (secondary N) is 2. The molecule has 162 valence electrons. The Morgan fingerprint density at radius 2 is 1.77 bits per heavy atom. The van der Waals surface area contributed by atoms with Gasteiger partial charge in [-0.1, -0.05) is 11.6 Å². The van der Waals surface area contributed by atoms with Gasteiger partial charge >= 0.3 is 0 Å². The highest BCUT2D eigenvalue weighted by Crippen LogP contribution is 2.30. The number of anilines is 1. The summed E-state index contributed by atoms with van der Waals surface area (Å²) in [4.78, 5) is 16.1. The molecule has 0 aliphatic heterocycles. The lowest BCUT2D eigenvalue weighted by Gasteiger charge is -2.29. The fourth-order valence-electron chi connectivity index (χ4n) is 3.50. The third-order valence-electron chi connectivity index (χ3n) is 5.26. The summed E-state index contributed by atoms with van der Waals surface area (Å²) in [5.41, 5.74) is -1.33. The summed E-state index contributed by atoms with van der Waals surface area (Å²) < 4.78 is 68.1. The molecule has 2 aromatic rings. The topological polar surface area (TPSA) is 54.0 Å². The van der Waals surface area contributed by atoms with Crippen molar-refractivity contribution >= 4 is 23.3 Å². The summed E-state index contributed by atoms with van der Waals surface area (Å²) in [5, 5.41) is 4.56. The zero-order valence-corrected chi connectivity index (χ0v) is 16.7. The highest BCUT2D eigenvalue weighted by molar-refractivity contribution is 6.34. The van der Waals surface area contributed by atoms with Crippen LogP contribution < -0.4 is 10.6 Å². The van der Waals surface area contributed by atoms with Crippen molar-refractivity contribution in [2.45, 2.75) is 38.6 Å². The second-order valence-corrected chi connectivity index (χ2v) is 7.69. The average molecular weight is 448 g/mol. The molecule has 1 aliphatic rings. The highest BCUT2D eigenvalue weighted by Gasteiger charge is 2.29. The number of carbonyl (C=O) groups is 1. The summed E-state index contributed by atoms with van der Waals surface area (Å²) >= 11 is 5.65. The lowest BCUT2D eigenvalue weighted by molar-refractivity contribution is 0.0918. The van der Waals surface area contributed by atoms with Gasteiger partial charge in [-0.05, 0) is 38.5 Å². The van der Waals surface area contributed by atoms with E-state index in [0.717, 1.165) is 19.2 Å². The fraction of sp³-hybridized carbons (Fsp3) is 0.400. The van der Waals surface area contributed by atoms with Gasteiger partial charge in [-0.15, -0.1) is 0 Å². The van der Waals surface area contributed by atoms with Crippen molar-refractivity contribution in [2.75, 3.05) is 11.9 Å². The molecule has 30 heavy (non-hydrogen) atoms. The first-order valence-electron chi connectivity index (χ1n) is 9.37. The molecule has 0 unspecified atom stereocenters. The molecule has 1 aliphatic carbocycles. The molecule has 0 atom stereocenters. The van der Waals surface area contributed by atoms with Crippen molar-refractivity contribution < 1.29 is 26.7 Å². The van der Waals surface area contributed by atoms with Gasteiger partial charge in [0.15, 0.2) is 23.3 Å². The summed E-state index contributed by atoms with van der Waals surface area (Å²) in [7, 11) is 0. The van der Waals surface area contributed by atoms with Crippen LogP contribution in [0.25, 0.3) is 0 Å². The zero-order chi connectivity index (χ0) is 22.0. The molecule has 0 saturated heterocycles. The van der Waals surface area contributed by atoms with Gasteiger partial charge in [0.1, 0.15) is 11.6 Å². The molecule has 0 spiro atoms. The standard InChI is InChI=1S/C20H19ClF5N3O/c1-9-16(24)14(15(21)18(26)17(9)25)20(30)29-12-4-2-10(3-5-12)7-27-19-13(23)6-11(22)8-28-19/h6,8,10,12H,2-5,7H2,1H3,(H,27,28)(H,29,30). The van der Waals surface area contributed by atoms with E-state index in [1.807, 2.05) is 0 Å². The van der Waals surface area contributed by atoms with Crippen molar-refractivity contribution in [1.29, 1.82) is 0 Å². The predicted molar refractivity (Wildman–Crippen MR) is 102 cm³/mol. The maximum absolute atomic E-state index is 14.3. The first-order valence-corrected chi connectivity index (χ1v) is 9.75. The summed E-state index contributed by atoms with van der Waals surface area (Å²) in [6.07, 6.45) is 3.38. The second kappa shape index (κ2) is 9.16. The largest absolute Gasteiger partial charge is 0.367 e. The molecule has 10 heteroatoms. The van der Waals surface area contributed by atoms with Gasteiger partial charge in [-0.3, -0.25) is 4.79 Å². The van der Waals surface area contributed by atoms with E-state index in [4.69, 9.17) is 11.6 Å². The highest BCUT2D eigenvalue weighted by atomic mass is 35.5. The minimum absolute atomic E-state index is 0.0364. The van der Waals surface area contributed by atoms with Crippen LogP contribution in [0.1, 0.15) is 41.6 Å². The Bertz CT molecular complexity index is 935. The second-order valence-electron chi connectivity index (χ2n) is 7.31. The van der Waals surface area contributed by atoms with E-state index in [-0.39, 0.29) is 17.8 Å². The number of rotatable bonds is 5. The van der Waals surface area contributed by atoms with Gasteiger partial charge in [0.2, 0.25) is 0 Å². The molecular weight excluding hydrogens is 429 g/mol. The number of nitrogens with zero attached hydrogens (tertiary/aromatic N) is 1. The van der Waals surface area contributed by atoms with Crippen molar-refractivity contribution in [3.8, 4) is 0 Å². The Kier molecular flexibility index (Phi) is 6.80. The lowest BCUT2D eigenvalue weighted by Crippen LogP contribution is -2.39. The summed E-state index contributed by atoms with van der Waals surface area (Å²) in [6.45, 7) is 1.44. The minimum Gasteiger partial charge on any atom is -0.367 e. The van der Waals surface area contributed by atoms with E-state index >= 15 is 0 Å². The van der Waals surface area contributed by atoms with Crippen LogP contribution in [0.15, 0.2) is 12.3 Å². The number of halogens is 6. The van der Waals surface area contributed by atoms with Crippen LogP contribution >= 0.6 is 11.6 Å². The lowest BCUT2D eigenvalue weighted by atomic mass is 9.86. The maximum atomic E-state index is 14.3. The van der Waals surface area contributed by atoms with Crippen molar-refractivity contribution in [3.05, 3.63) is 57.5 Å². The summed E-state index contributed by atoms with van der Waals surface area (Å²) in [6, 6.07) is 0.449. The SMILES string of the molecule is Cc1c(F)c(F)c(Cl)c(C(=O)NC2CCC(CNc3ncc(F)cc3F)CC2)c1F. The van der Waals surface area contributed by atoms with Crippen LogP contribution in [0.4, 0.5) is 27.8 Å². The Morgan fingerprint density at radius 3 is 2.40 bits per heavy atom. The van der Waals surface area contributed by atoms with E-state index < -0.39 is 51.1 Å². The van der Waals surface area contributed by atoms with Gasteiger partial charge in [0.05, 0.1) is 16.8 Å². The molecule has 3 rings (SSSR count). The van der Waals surface area contributed by atoms with Gasteiger partial charge < -0.3 is 10.6 Å². The van der Waals surface area contributed by atoms with E-state index in [2.05, 4.69) is 15.6 Å². The quantitative estimate of drug-likeness (QED) is 0.379. The Hall–Kier alpha value is -2.42. The normalized spacial score (nSPS) is 18.9. The Balaban J connectivity index is 1.55. The molecule has 1 heterocycles. The summed E-state index contributed by atoms with van der Waals surface area (Å²) in [5.74, 6) is -6.40. The number of amides is 1. The minimum atomic E-state index is -1.46. The molecule has 1 aromatic carbocycles. The Morgan fingerprint density at radius 1 is 1.10 bits per heavy atom. The van der Waals surface area contributed by atoms with Gasteiger partial charge in [-0.2, -0.15) is 0 Å². The van der Waals surface area contributed by atoms with Crippen molar-refractivity contribution in [3.63, 3.8) is 0 Å². The van der Waals surface area contributed by atoms with Crippen LogP contribution in [-0.2, 0) is 0 Å². The van der Waals surface area contributed by atoms with Crippen molar-refractivity contribution in [1.82, 2.24) is 10.3 Å². The number of carbonyl (C=O) groups excluding carboxylic acids is 1. The zero-order valence-electron chi connectivity index (χ0n) is 16.0. The van der Waals surface area contributed by atoms with Crippen LogP contribution in [-0.4, -0.2) is 23.5 Å². The molecule has 2 N–H and O–H groups in total. The number of hydrogen-bond donors (Lipinski definition) is 2. The van der Waals surface area contributed by atoms with Crippen LogP contribution in [0.2, 0.25) is 5.02 Å². The van der Waals surface area contributed by atoms with Gasteiger partial charge in [0, 0.05) is 24.2 Å². The monoisotopic (exact) mass is 447 g/mol. The molecular formula is C20H19ClF5N3O. The molecule has 0 radical (unpaired) electrons. The van der Waals surface area contributed by atoms with Crippen LogP contribution in [0.5, 0.6) is 0 Å². The number of pyridine rings is 1. The van der Waals surface area contributed by atoms with Crippen molar-refractivity contribution in [2.24, 2.45) is 5.92 Å². The third kappa shape index (κ3) is 4.66. The molecule has 1 fully saturated rings. The molecule has 1 amide bonds. The number of hydrogen-bond acceptors (Lipinski definition) is 3. The molecule has 1 aromatic heterocycles. The number of aromatic nitrogens is 1. The van der Waals surface area contributed by atoms with E-state index in [1.54, 1.807) is 0 Å². The first-order chi connectivity index (χ1) is 14.2. The van der Waals surface area contributed by atoms with Crippen LogP contribution in [0, 0.1) is 41.9 Å². The third-order valence-corrected chi connectivity index (χ3v) is 5.61. The van der Waals surface area contributed by atoms with E-state index in [1.165, 1.54) is 0 Å². The molecule has 1 saturated carbocycles. The molecule has 0 bridgehead atoms. The number of benzene rings is 1. The molecule has 4 nitrogen and oxygen atoms in total. The first kappa shape index (κ1) is 22.3. The van der Waals surface area contributed by atoms with Crippen LogP contribution in [0.3, 0.4) is 0 Å². The predicted octanol–water partition coefficient (Wildman–Crippen LogP) is 5.14. The fourth-order valence-corrected chi connectivity index (χ4v) is 3.76. The van der Waals surface area contributed by atoms with Gasteiger partial charge in [0.25, 0.3) is 5.91 Å². The maximum Gasteiger partial charge on any atom is 0.256 e. The van der Waals surface area contributed by atoms with E-state index in [0.29, 0.717) is 32.2 Å². The Labute approximate surface area is 174 Å². The van der Waals surface area contributed by atoms with Gasteiger partial charge in [-0.25, -0.2) is 26.9 Å². The van der Waals surface area contributed by atoms with E-state index in [9.17, 15) is 26.7 Å². The average Bonchev–Trinajstić information content (AvgIpc) is 2.71.